The van der Waals surface area contributed by atoms with Gasteiger partial charge in [0.1, 0.15) is 5.82 Å². The van der Waals surface area contributed by atoms with Crippen LogP contribution < -0.4 is 10.6 Å². The summed E-state index contributed by atoms with van der Waals surface area (Å²) in [5, 5.41) is 6.59. The summed E-state index contributed by atoms with van der Waals surface area (Å²) in [7, 11) is 2.10. The topological polar surface area (TPSA) is 39.7 Å². The number of halogens is 1. The lowest BCUT2D eigenvalue weighted by Gasteiger charge is -2.16. The van der Waals surface area contributed by atoms with Crippen molar-refractivity contribution in [3.05, 3.63) is 35.1 Å². The van der Waals surface area contributed by atoms with Crippen molar-refractivity contribution in [1.82, 2.24) is 15.5 Å². The number of hydrogen-bond donors (Lipinski definition) is 2. The van der Waals surface area contributed by atoms with Crippen molar-refractivity contribution in [2.45, 2.75) is 26.1 Å². The summed E-state index contributed by atoms with van der Waals surface area (Å²) in [6.45, 7) is 8.40. The molecule has 0 heterocycles. The molecule has 1 rings (SSSR count). The molecule has 0 saturated carbocycles. The molecule has 0 amide bonds. The van der Waals surface area contributed by atoms with Gasteiger partial charge in [-0.1, -0.05) is 13.0 Å². The van der Waals surface area contributed by atoms with Gasteiger partial charge in [-0.15, -0.1) is 0 Å². The number of rotatable bonds is 9. The lowest BCUT2D eigenvalue weighted by atomic mass is 10.1. The van der Waals surface area contributed by atoms with Crippen LogP contribution in [0, 0.1) is 5.82 Å². The fourth-order valence-corrected chi connectivity index (χ4v) is 2.65. The van der Waals surface area contributed by atoms with Crippen LogP contribution in [0.4, 0.5) is 4.39 Å². The zero-order valence-electron chi connectivity index (χ0n) is 14.7. The van der Waals surface area contributed by atoms with E-state index in [1.54, 1.807) is 17.8 Å². The number of aliphatic imine (C=N–C) groups is 1. The lowest BCUT2D eigenvalue weighted by Crippen LogP contribution is -2.40. The van der Waals surface area contributed by atoms with Crippen LogP contribution in [0.1, 0.15) is 25.0 Å². The highest BCUT2D eigenvalue weighted by molar-refractivity contribution is 7.97. The van der Waals surface area contributed by atoms with Gasteiger partial charge in [0.2, 0.25) is 0 Å². The van der Waals surface area contributed by atoms with Crippen molar-refractivity contribution in [2.24, 2.45) is 4.99 Å². The standard InChI is InChI=1S/C17H29FN4S/c1-5-19-17(20-9-10-22(3)6-2)21-12-14-7-8-16(18)11-15(14)13-23-4/h7-8,11H,5-6,9-10,12-13H2,1-4H3,(H2,19,20,21). The van der Waals surface area contributed by atoms with E-state index in [2.05, 4.69) is 34.5 Å². The Bertz CT molecular complexity index is 493. The van der Waals surface area contributed by atoms with Gasteiger partial charge in [-0.3, -0.25) is 0 Å². The molecule has 0 saturated heterocycles. The van der Waals surface area contributed by atoms with Crippen molar-refractivity contribution in [1.29, 1.82) is 0 Å². The van der Waals surface area contributed by atoms with E-state index in [1.165, 1.54) is 6.07 Å². The van der Waals surface area contributed by atoms with Crippen molar-refractivity contribution < 1.29 is 4.39 Å². The van der Waals surface area contributed by atoms with Gasteiger partial charge < -0.3 is 15.5 Å². The van der Waals surface area contributed by atoms with Crippen LogP contribution in [0.5, 0.6) is 0 Å². The predicted molar refractivity (Wildman–Crippen MR) is 99.6 cm³/mol. The van der Waals surface area contributed by atoms with E-state index in [-0.39, 0.29) is 5.82 Å². The smallest absolute Gasteiger partial charge is 0.191 e. The Balaban J connectivity index is 2.69. The summed E-state index contributed by atoms with van der Waals surface area (Å²) in [4.78, 5) is 6.87. The number of guanidine groups is 1. The average molecular weight is 341 g/mol. The molecule has 1 aromatic carbocycles. The molecule has 0 aliphatic carbocycles. The molecule has 0 fully saturated rings. The molecule has 1 aromatic rings. The Labute approximate surface area is 143 Å². The number of hydrogen-bond acceptors (Lipinski definition) is 3. The molecule has 130 valence electrons. The molecule has 0 atom stereocenters. The highest BCUT2D eigenvalue weighted by atomic mass is 32.2. The molecule has 0 spiro atoms. The Morgan fingerprint density at radius 1 is 1.26 bits per heavy atom. The van der Waals surface area contributed by atoms with Crippen molar-refractivity contribution in [3.63, 3.8) is 0 Å². The van der Waals surface area contributed by atoms with Gasteiger partial charge >= 0.3 is 0 Å². The maximum atomic E-state index is 13.4. The molecular formula is C17H29FN4S. The molecule has 0 unspecified atom stereocenters. The predicted octanol–water partition coefficient (Wildman–Crippen LogP) is 2.70. The number of thioether (sulfide) groups is 1. The third-order valence-electron chi connectivity index (χ3n) is 3.55. The number of nitrogens with zero attached hydrogens (tertiary/aromatic N) is 2. The first-order valence-corrected chi connectivity index (χ1v) is 9.47. The van der Waals surface area contributed by atoms with Crippen LogP contribution in [-0.2, 0) is 12.3 Å². The second-order valence-electron chi connectivity index (χ2n) is 5.36. The van der Waals surface area contributed by atoms with Crippen LogP contribution in [0.3, 0.4) is 0 Å². The van der Waals surface area contributed by atoms with Crippen LogP contribution in [0.25, 0.3) is 0 Å². The Morgan fingerprint density at radius 2 is 2.04 bits per heavy atom. The van der Waals surface area contributed by atoms with Crippen LogP contribution in [-0.4, -0.2) is 50.3 Å². The SMILES string of the molecule is CCNC(=NCc1ccc(F)cc1CSC)NCCN(C)CC. The minimum atomic E-state index is -0.186. The van der Waals surface area contributed by atoms with Gasteiger partial charge in [0.05, 0.1) is 6.54 Å². The number of likely N-dealkylation sites (N-methyl/N-ethyl adjacent to an activating group) is 1. The van der Waals surface area contributed by atoms with Gasteiger partial charge in [0, 0.05) is 25.4 Å². The summed E-state index contributed by atoms with van der Waals surface area (Å²) >= 11 is 1.69. The Morgan fingerprint density at radius 3 is 2.70 bits per heavy atom. The van der Waals surface area contributed by atoms with Gasteiger partial charge in [-0.05, 0) is 50.0 Å². The zero-order valence-corrected chi connectivity index (χ0v) is 15.5. The number of benzene rings is 1. The zero-order chi connectivity index (χ0) is 17.1. The largest absolute Gasteiger partial charge is 0.357 e. The summed E-state index contributed by atoms with van der Waals surface area (Å²) in [5.74, 6) is 1.42. The lowest BCUT2D eigenvalue weighted by molar-refractivity contribution is 0.357. The maximum absolute atomic E-state index is 13.4. The summed E-state index contributed by atoms with van der Waals surface area (Å²) in [5.41, 5.74) is 2.09. The highest BCUT2D eigenvalue weighted by Gasteiger charge is 2.05. The fourth-order valence-electron chi connectivity index (χ4n) is 2.07. The Hall–Kier alpha value is -1.27. The van der Waals surface area contributed by atoms with Crippen molar-refractivity contribution in [2.75, 3.05) is 39.5 Å². The second kappa shape index (κ2) is 11.3. The van der Waals surface area contributed by atoms with Crippen LogP contribution >= 0.6 is 11.8 Å². The quantitative estimate of drug-likeness (QED) is 0.536. The summed E-state index contributed by atoms with van der Waals surface area (Å²) < 4.78 is 13.4. The minimum absolute atomic E-state index is 0.186. The molecule has 6 heteroatoms. The van der Waals surface area contributed by atoms with Crippen LogP contribution in [0.2, 0.25) is 0 Å². The molecule has 2 N–H and O–H groups in total. The highest BCUT2D eigenvalue weighted by Crippen LogP contribution is 2.17. The second-order valence-corrected chi connectivity index (χ2v) is 6.23. The van der Waals surface area contributed by atoms with Crippen LogP contribution in [0.15, 0.2) is 23.2 Å². The average Bonchev–Trinajstić information content (AvgIpc) is 2.54. The van der Waals surface area contributed by atoms with E-state index < -0.39 is 0 Å². The monoisotopic (exact) mass is 340 g/mol. The molecule has 0 bridgehead atoms. The van der Waals surface area contributed by atoms with Crippen molar-refractivity contribution >= 4 is 17.7 Å². The Kier molecular flexibility index (Phi) is 9.71. The van der Waals surface area contributed by atoms with Gasteiger partial charge in [-0.2, -0.15) is 11.8 Å². The normalized spacial score (nSPS) is 11.8. The maximum Gasteiger partial charge on any atom is 0.191 e. The molecule has 0 aliphatic heterocycles. The third-order valence-corrected chi connectivity index (χ3v) is 4.15. The molecular weight excluding hydrogens is 311 g/mol. The van der Waals surface area contributed by atoms with E-state index in [1.807, 2.05) is 19.2 Å². The van der Waals surface area contributed by atoms with E-state index in [4.69, 9.17) is 0 Å². The fraction of sp³-hybridized carbons (Fsp3) is 0.588. The van der Waals surface area contributed by atoms with Gasteiger partial charge in [0.25, 0.3) is 0 Å². The van der Waals surface area contributed by atoms with Crippen molar-refractivity contribution in [3.8, 4) is 0 Å². The van der Waals surface area contributed by atoms with Gasteiger partial charge in [0.15, 0.2) is 5.96 Å². The first kappa shape index (κ1) is 19.8. The third kappa shape index (κ3) is 7.70. The summed E-state index contributed by atoms with van der Waals surface area (Å²) in [6.07, 6.45) is 2.02. The molecule has 0 aromatic heterocycles. The first-order chi connectivity index (χ1) is 11.1. The van der Waals surface area contributed by atoms with Gasteiger partial charge in [-0.25, -0.2) is 9.38 Å². The molecule has 4 nitrogen and oxygen atoms in total. The molecule has 0 radical (unpaired) electrons. The minimum Gasteiger partial charge on any atom is -0.357 e. The molecule has 23 heavy (non-hydrogen) atoms. The van der Waals surface area contributed by atoms with E-state index >= 15 is 0 Å². The van der Waals surface area contributed by atoms with E-state index in [0.717, 1.165) is 49.0 Å². The van der Waals surface area contributed by atoms with E-state index in [9.17, 15) is 4.39 Å². The first-order valence-electron chi connectivity index (χ1n) is 8.07. The number of nitrogens with one attached hydrogen (secondary N) is 2. The van der Waals surface area contributed by atoms with E-state index in [0.29, 0.717) is 6.54 Å². The molecule has 0 aliphatic rings. The summed E-state index contributed by atoms with van der Waals surface area (Å²) in [6, 6.07) is 4.95.